The van der Waals surface area contributed by atoms with Crippen LogP contribution in [0.3, 0.4) is 0 Å². The van der Waals surface area contributed by atoms with Crippen molar-refractivity contribution in [2.45, 2.75) is 27.2 Å². The van der Waals surface area contributed by atoms with E-state index in [1.165, 1.54) is 23.1 Å². The van der Waals surface area contributed by atoms with Crippen molar-refractivity contribution in [3.05, 3.63) is 23.8 Å². The first kappa shape index (κ1) is 11.2. The van der Waals surface area contributed by atoms with Gasteiger partial charge in [-0.3, -0.25) is 0 Å². The molecule has 0 unspecified atom stereocenters. The Bertz CT molecular complexity index is 296. The first-order valence-electron chi connectivity index (χ1n) is 5.51. The monoisotopic (exact) mass is 189 g/mol. The number of hydrogen-bond acceptors (Lipinski definition) is 1. The quantitative estimate of drug-likeness (QED) is 0.648. The summed E-state index contributed by atoms with van der Waals surface area (Å²) in [6.07, 6.45) is 1.21. The van der Waals surface area contributed by atoms with E-state index in [9.17, 15) is 0 Å². The fourth-order valence-electron chi connectivity index (χ4n) is 1.78. The average Bonchev–Trinajstić information content (AvgIpc) is 2.18. The number of anilines is 1. The Morgan fingerprint density at radius 2 is 2.00 bits per heavy atom. The minimum Gasteiger partial charge on any atom is -0.372 e. The number of aryl methyl sites for hydroxylation is 1. The van der Waals surface area contributed by atoms with Gasteiger partial charge >= 0.3 is 0 Å². The number of rotatable bonds is 4. The van der Waals surface area contributed by atoms with Crippen molar-refractivity contribution < 1.29 is 0 Å². The Morgan fingerprint density at radius 1 is 1.29 bits per heavy atom. The van der Waals surface area contributed by atoms with Crippen molar-refractivity contribution in [1.29, 1.82) is 0 Å². The molecule has 0 saturated heterocycles. The molecule has 0 heterocycles. The zero-order chi connectivity index (χ0) is 10.6. The van der Waals surface area contributed by atoms with Crippen LogP contribution in [0.2, 0.25) is 0 Å². The Morgan fingerprint density at radius 3 is 2.57 bits per heavy atom. The predicted molar refractivity (Wildman–Crippen MR) is 67.5 cm³/mol. The van der Waals surface area contributed by atoms with Gasteiger partial charge in [-0.2, -0.15) is 0 Å². The van der Waals surface area contributed by atoms with Gasteiger partial charge in [-0.25, -0.2) is 0 Å². The van der Waals surface area contributed by atoms with Gasteiger partial charge in [0, 0.05) is 18.8 Å². The first-order valence-corrected chi connectivity index (χ1v) is 5.51. The van der Waals surface area contributed by atoms with Crippen LogP contribution in [0.15, 0.2) is 18.2 Å². The molecule has 0 N–H and O–H groups in total. The van der Waals surface area contributed by atoms with E-state index in [4.69, 9.17) is 0 Å². The maximum atomic E-state index is 2.45. The Labute approximate surface area is 88.5 Å². The molecule has 0 radical (unpaired) electrons. The van der Waals surface area contributed by atoms with Gasteiger partial charge in [-0.15, -0.1) is 0 Å². The largest absolute Gasteiger partial charge is 0.372 e. The van der Waals surface area contributed by atoms with Crippen molar-refractivity contribution in [1.82, 2.24) is 0 Å². The molecule has 76 valence electrons. The fraction of sp³-hybridized carbons (Fsp3) is 0.500. The SMILES string of the molecule is Bc1ccc(C)c(N(CC)CCC)c1. The van der Waals surface area contributed by atoms with Gasteiger partial charge in [0.1, 0.15) is 7.85 Å². The third-order valence-corrected chi connectivity index (χ3v) is 2.58. The lowest BCUT2D eigenvalue weighted by Gasteiger charge is -2.24. The van der Waals surface area contributed by atoms with Crippen LogP contribution < -0.4 is 10.4 Å². The van der Waals surface area contributed by atoms with Crippen LogP contribution in [-0.4, -0.2) is 20.9 Å². The standard InChI is InChI=1S/C12H20BN/c1-4-8-14(5-2)12-9-11(13)7-6-10(12)3/h6-7,9H,4-5,8,13H2,1-3H3. The third-order valence-electron chi connectivity index (χ3n) is 2.58. The molecular weight excluding hydrogens is 169 g/mol. The molecule has 0 atom stereocenters. The lowest BCUT2D eigenvalue weighted by molar-refractivity contribution is 0.789. The van der Waals surface area contributed by atoms with Gasteiger partial charge in [0.05, 0.1) is 0 Å². The summed E-state index contributed by atoms with van der Waals surface area (Å²) < 4.78 is 0. The highest BCUT2D eigenvalue weighted by atomic mass is 15.1. The summed E-state index contributed by atoms with van der Waals surface area (Å²) in [4.78, 5) is 2.45. The summed E-state index contributed by atoms with van der Waals surface area (Å²) >= 11 is 0. The van der Waals surface area contributed by atoms with E-state index >= 15 is 0 Å². The maximum Gasteiger partial charge on any atom is 0.139 e. The van der Waals surface area contributed by atoms with Gasteiger partial charge in [0.25, 0.3) is 0 Å². The molecule has 1 rings (SSSR count). The van der Waals surface area contributed by atoms with Crippen LogP contribution >= 0.6 is 0 Å². The van der Waals surface area contributed by atoms with E-state index < -0.39 is 0 Å². The van der Waals surface area contributed by atoms with Crippen LogP contribution in [0.1, 0.15) is 25.8 Å². The van der Waals surface area contributed by atoms with E-state index in [1.54, 1.807) is 0 Å². The van der Waals surface area contributed by atoms with Crippen molar-refractivity contribution in [2.24, 2.45) is 0 Å². The number of nitrogens with zero attached hydrogens (tertiary/aromatic N) is 1. The van der Waals surface area contributed by atoms with E-state index in [1.807, 2.05) is 0 Å². The topological polar surface area (TPSA) is 3.24 Å². The second-order valence-electron chi connectivity index (χ2n) is 3.87. The molecule has 0 saturated carbocycles. The second kappa shape index (κ2) is 5.09. The van der Waals surface area contributed by atoms with E-state index in [0.29, 0.717) is 0 Å². The predicted octanol–water partition coefficient (Wildman–Crippen LogP) is 1.49. The summed E-state index contributed by atoms with van der Waals surface area (Å²) in [7, 11) is 2.16. The zero-order valence-corrected chi connectivity index (χ0v) is 9.80. The molecule has 1 nitrogen and oxygen atoms in total. The van der Waals surface area contributed by atoms with Gasteiger partial charge < -0.3 is 4.90 Å². The molecule has 0 aliphatic heterocycles. The summed E-state index contributed by atoms with van der Waals surface area (Å²) in [6.45, 7) is 8.89. The minimum atomic E-state index is 1.10. The summed E-state index contributed by atoms with van der Waals surface area (Å²) in [5, 5.41) is 0. The molecule has 0 fully saturated rings. The summed E-state index contributed by atoms with van der Waals surface area (Å²) in [6, 6.07) is 6.68. The van der Waals surface area contributed by atoms with Crippen LogP contribution in [-0.2, 0) is 0 Å². The first-order chi connectivity index (χ1) is 6.69. The molecule has 0 aliphatic rings. The molecule has 0 aromatic heterocycles. The summed E-state index contributed by atoms with van der Waals surface area (Å²) in [5.41, 5.74) is 4.13. The van der Waals surface area contributed by atoms with Crippen molar-refractivity contribution >= 4 is 19.0 Å². The molecule has 2 heteroatoms. The lowest BCUT2D eigenvalue weighted by atomic mass is 9.94. The van der Waals surface area contributed by atoms with Crippen molar-refractivity contribution in [2.75, 3.05) is 18.0 Å². The Hall–Kier alpha value is -0.915. The highest BCUT2D eigenvalue weighted by molar-refractivity contribution is 6.32. The van der Waals surface area contributed by atoms with Crippen LogP contribution in [0.5, 0.6) is 0 Å². The molecular formula is C12H20BN. The molecule has 0 bridgehead atoms. The van der Waals surface area contributed by atoms with E-state index in [-0.39, 0.29) is 0 Å². The molecule has 0 spiro atoms. The smallest absolute Gasteiger partial charge is 0.139 e. The molecule has 1 aromatic carbocycles. The lowest BCUT2D eigenvalue weighted by Crippen LogP contribution is -2.25. The summed E-state index contributed by atoms with van der Waals surface area (Å²) in [5.74, 6) is 0. The third kappa shape index (κ3) is 2.54. The molecule has 14 heavy (non-hydrogen) atoms. The van der Waals surface area contributed by atoms with E-state index in [0.717, 1.165) is 13.1 Å². The Balaban J connectivity index is 2.96. The molecule has 0 amide bonds. The van der Waals surface area contributed by atoms with Crippen molar-refractivity contribution in [3.8, 4) is 0 Å². The van der Waals surface area contributed by atoms with Gasteiger partial charge in [-0.1, -0.05) is 24.5 Å². The van der Waals surface area contributed by atoms with Gasteiger partial charge in [0.15, 0.2) is 0 Å². The van der Waals surface area contributed by atoms with Gasteiger partial charge in [0.2, 0.25) is 0 Å². The maximum absolute atomic E-state index is 2.45. The van der Waals surface area contributed by atoms with Crippen LogP contribution in [0.4, 0.5) is 5.69 Å². The molecule has 0 aliphatic carbocycles. The van der Waals surface area contributed by atoms with Crippen LogP contribution in [0.25, 0.3) is 0 Å². The normalized spacial score (nSPS) is 10.2. The minimum absolute atomic E-state index is 1.10. The van der Waals surface area contributed by atoms with Gasteiger partial charge in [-0.05, 0) is 31.9 Å². The van der Waals surface area contributed by atoms with E-state index in [2.05, 4.69) is 51.7 Å². The highest BCUT2D eigenvalue weighted by Crippen LogP contribution is 2.17. The molecule has 1 aromatic rings. The Kier molecular flexibility index (Phi) is 4.06. The zero-order valence-electron chi connectivity index (χ0n) is 9.80. The number of hydrogen-bond donors (Lipinski definition) is 0. The number of benzene rings is 1. The van der Waals surface area contributed by atoms with Crippen LogP contribution in [0, 0.1) is 6.92 Å². The second-order valence-corrected chi connectivity index (χ2v) is 3.87. The van der Waals surface area contributed by atoms with Crippen molar-refractivity contribution in [3.63, 3.8) is 0 Å². The fourth-order valence-corrected chi connectivity index (χ4v) is 1.78. The highest BCUT2D eigenvalue weighted by Gasteiger charge is 2.05. The average molecular weight is 189 g/mol.